The Hall–Kier alpha value is -2.55. The van der Waals surface area contributed by atoms with Crippen molar-refractivity contribution in [2.45, 2.75) is 46.1 Å². The molecule has 2 aromatic carbocycles. The van der Waals surface area contributed by atoms with E-state index in [-0.39, 0.29) is 17.3 Å². The van der Waals surface area contributed by atoms with Gasteiger partial charge in [-0.2, -0.15) is 0 Å². The summed E-state index contributed by atoms with van der Waals surface area (Å²) in [6.07, 6.45) is 7.36. The van der Waals surface area contributed by atoms with Crippen LogP contribution in [0.3, 0.4) is 0 Å². The number of nitrogens with one attached hydrogen (secondary N) is 1. The molecule has 0 radical (unpaired) electrons. The first-order valence-electron chi connectivity index (χ1n) is 10.3. The maximum atomic E-state index is 12.7. The maximum absolute atomic E-state index is 12.7. The first kappa shape index (κ1) is 18.8. The molecule has 0 saturated heterocycles. The molecule has 2 atom stereocenters. The summed E-state index contributed by atoms with van der Waals surface area (Å²) < 4.78 is 5.69. The molecule has 2 aromatic rings. The fraction of sp³-hybridized carbons (Fsp3) is 0.400. The van der Waals surface area contributed by atoms with Gasteiger partial charge in [-0.25, -0.2) is 0 Å². The van der Waals surface area contributed by atoms with Gasteiger partial charge >= 0.3 is 5.97 Å². The Kier molecular flexibility index (Phi) is 5.25. The van der Waals surface area contributed by atoms with Crippen LogP contribution in [-0.2, 0) is 16.1 Å². The van der Waals surface area contributed by atoms with Gasteiger partial charge in [-0.3, -0.25) is 4.79 Å². The van der Waals surface area contributed by atoms with E-state index in [1.807, 2.05) is 54.6 Å². The van der Waals surface area contributed by atoms with E-state index in [1.54, 1.807) is 0 Å². The second kappa shape index (κ2) is 7.83. The summed E-state index contributed by atoms with van der Waals surface area (Å²) in [6.45, 7) is 4.68. The molecule has 0 aliphatic heterocycles. The number of ether oxygens (including phenoxy) is 1. The van der Waals surface area contributed by atoms with Crippen molar-refractivity contribution in [3.05, 3.63) is 71.8 Å². The standard InChI is InChI=1S/C25H29NO2/c1-25(2)22(16-18-9-6-7-10-18)23(25)24(27)28-17-19-11-8-14-21(15-19)26-20-12-4-3-5-13-20/h3-5,8,11-16,22-23,26H,6-7,9-10,17H2,1-2H3. The van der Waals surface area contributed by atoms with Crippen LogP contribution in [0, 0.1) is 17.3 Å². The topological polar surface area (TPSA) is 38.3 Å². The van der Waals surface area contributed by atoms with Crippen molar-refractivity contribution in [1.82, 2.24) is 0 Å². The van der Waals surface area contributed by atoms with Crippen LogP contribution in [-0.4, -0.2) is 5.97 Å². The molecule has 28 heavy (non-hydrogen) atoms. The molecule has 3 heteroatoms. The van der Waals surface area contributed by atoms with Crippen LogP contribution in [0.2, 0.25) is 0 Å². The van der Waals surface area contributed by atoms with Gasteiger partial charge < -0.3 is 10.1 Å². The van der Waals surface area contributed by atoms with E-state index < -0.39 is 0 Å². The summed E-state index contributed by atoms with van der Waals surface area (Å²) in [5.74, 6) is 0.261. The Morgan fingerprint density at radius 1 is 1.07 bits per heavy atom. The van der Waals surface area contributed by atoms with Gasteiger partial charge in [0, 0.05) is 11.4 Å². The summed E-state index contributed by atoms with van der Waals surface area (Å²) >= 11 is 0. The first-order chi connectivity index (χ1) is 13.5. The van der Waals surface area contributed by atoms with Crippen molar-refractivity contribution in [2.24, 2.45) is 17.3 Å². The Morgan fingerprint density at radius 2 is 1.79 bits per heavy atom. The molecule has 0 bridgehead atoms. The summed E-state index contributed by atoms with van der Waals surface area (Å²) in [7, 11) is 0. The number of para-hydroxylation sites is 1. The minimum absolute atomic E-state index is 0.00812. The molecule has 146 valence electrons. The summed E-state index contributed by atoms with van der Waals surface area (Å²) in [6, 6.07) is 18.1. The zero-order chi connectivity index (χ0) is 19.6. The molecule has 2 unspecified atom stereocenters. The number of carbonyl (C=O) groups is 1. The van der Waals surface area contributed by atoms with Crippen molar-refractivity contribution in [3.8, 4) is 0 Å². The van der Waals surface area contributed by atoms with E-state index in [4.69, 9.17) is 4.74 Å². The molecule has 2 aliphatic carbocycles. The van der Waals surface area contributed by atoms with E-state index in [0.717, 1.165) is 16.9 Å². The highest BCUT2D eigenvalue weighted by Crippen LogP contribution is 2.60. The Labute approximate surface area is 167 Å². The van der Waals surface area contributed by atoms with Crippen LogP contribution in [0.15, 0.2) is 66.2 Å². The zero-order valence-corrected chi connectivity index (χ0v) is 16.8. The lowest BCUT2D eigenvalue weighted by molar-refractivity contribution is -0.147. The predicted molar refractivity (Wildman–Crippen MR) is 113 cm³/mol. The molecule has 0 aromatic heterocycles. The second-order valence-electron chi connectivity index (χ2n) is 8.66. The smallest absolute Gasteiger partial charge is 0.310 e. The number of hydrogen-bond donors (Lipinski definition) is 1. The maximum Gasteiger partial charge on any atom is 0.310 e. The van der Waals surface area contributed by atoms with Gasteiger partial charge in [0.1, 0.15) is 6.61 Å². The van der Waals surface area contributed by atoms with Crippen molar-refractivity contribution in [3.63, 3.8) is 0 Å². The Bertz CT molecular complexity index is 861. The number of esters is 1. The monoisotopic (exact) mass is 375 g/mol. The molecule has 4 rings (SSSR count). The van der Waals surface area contributed by atoms with E-state index in [2.05, 4.69) is 25.2 Å². The van der Waals surface area contributed by atoms with Crippen molar-refractivity contribution >= 4 is 17.3 Å². The van der Waals surface area contributed by atoms with Crippen molar-refractivity contribution in [2.75, 3.05) is 5.32 Å². The van der Waals surface area contributed by atoms with E-state index in [1.165, 1.54) is 31.3 Å². The number of allylic oxidation sites excluding steroid dienone is 2. The Morgan fingerprint density at radius 3 is 2.54 bits per heavy atom. The molecule has 0 spiro atoms. The summed E-state index contributed by atoms with van der Waals surface area (Å²) in [5, 5.41) is 3.38. The largest absolute Gasteiger partial charge is 0.461 e. The lowest BCUT2D eigenvalue weighted by Crippen LogP contribution is -2.10. The average Bonchev–Trinajstić information content (AvgIpc) is 3.01. The average molecular weight is 376 g/mol. The van der Waals surface area contributed by atoms with Gasteiger partial charge in [-0.1, -0.05) is 55.8 Å². The lowest BCUT2D eigenvalue weighted by Gasteiger charge is -2.09. The van der Waals surface area contributed by atoms with E-state index in [9.17, 15) is 4.79 Å². The molecule has 3 nitrogen and oxygen atoms in total. The molecular weight excluding hydrogens is 346 g/mol. The first-order valence-corrected chi connectivity index (χ1v) is 10.3. The molecule has 2 fully saturated rings. The van der Waals surface area contributed by atoms with Gasteiger partial charge in [0.2, 0.25) is 0 Å². The highest BCUT2D eigenvalue weighted by molar-refractivity contribution is 5.78. The third-order valence-corrected chi connectivity index (χ3v) is 6.20. The van der Waals surface area contributed by atoms with Crippen LogP contribution in [0.5, 0.6) is 0 Å². The quantitative estimate of drug-likeness (QED) is 0.479. The minimum atomic E-state index is -0.0636. The van der Waals surface area contributed by atoms with Gasteiger partial charge in [-0.15, -0.1) is 0 Å². The minimum Gasteiger partial charge on any atom is -0.461 e. The molecular formula is C25H29NO2. The fourth-order valence-electron chi connectivity index (χ4n) is 4.36. The van der Waals surface area contributed by atoms with Crippen LogP contribution < -0.4 is 5.32 Å². The molecule has 0 heterocycles. The van der Waals surface area contributed by atoms with Crippen LogP contribution in [0.1, 0.15) is 45.1 Å². The molecule has 1 N–H and O–H groups in total. The van der Waals surface area contributed by atoms with Crippen LogP contribution >= 0.6 is 0 Å². The SMILES string of the molecule is CC1(C)C(C=C2CCCC2)C1C(=O)OCc1cccc(Nc2ccccc2)c1. The van der Waals surface area contributed by atoms with Crippen LogP contribution in [0.4, 0.5) is 11.4 Å². The second-order valence-corrected chi connectivity index (χ2v) is 8.66. The number of benzene rings is 2. The number of carbonyl (C=O) groups excluding carboxylic acids is 1. The highest BCUT2D eigenvalue weighted by Gasteiger charge is 2.61. The van der Waals surface area contributed by atoms with Crippen molar-refractivity contribution < 1.29 is 9.53 Å². The van der Waals surface area contributed by atoms with E-state index in [0.29, 0.717) is 12.5 Å². The third-order valence-electron chi connectivity index (χ3n) is 6.20. The lowest BCUT2D eigenvalue weighted by atomic mass is 10.1. The number of rotatable bonds is 6. The highest BCUT2D eigenvalue weighted by atomic mass is 16.5. The zero-order valence-electron chi connectivity index (χ0n) is 16.8. The molecule has 2 saturated carbocycles. The van der Waals surface area contributed by atoms with Gasteiger partial charge in [0.05, 0.1) is 5.92 Å². The van der Waals surface area contributed by atoms with Gasteiger partial charge in [-0.05, 0) is 66.8 Å². The normalized spacial score (nSPS) is 22.6. The third kappa shape index (κ3) is 4.14. The van der Waals surface area contributed by atoms with E-state index >= 15 is 0 Å². The molecule has 0 amide bonds. The summed E-state index contributed by atoms with van der Waals surface area (Å²) in [5.41, 5.74) is 4.59. The molecule has 2 aliphatic rings. The fourth-order valence-corrected chi connectivity index (χ4v) is 4.36. The van der Waals surface area contributed by atoms with Crippen molar-refractivity contribution in [1.29, 1.82) is 0 Å². The number of anilines is 2. The number of hydrogen-bond acceptors (Lipinski definition) is 3. The van der Waals surface area contributed by atoms with Gasteiger partial charge in [0.25, 0.3) is 0 Å². The Balaban J connectivity index is 1.35. The summed E-state index contributed by atoms with van der Waals surface area (Å²) in [4.78, 5) is 12.7. The van der Waals surface area contributed by atoms with Crippen LogP contribution in [0.25, 0.3) is 0 Å². The van der Waals surface area contributed by atoms with Gasteiger partial charge in [0.15, 0.2) is 0 Å². The predicted octanol–water partition coefficient (Wildman–Crippen LogP) is 6.25.